The Morgan fingerprint density at radius 2 is 1.70 bits per heavy atom. The largest absolute Gasteiger partial charge is 0.373 e. The number of benzene rings is 1. The van der Waals surface area contributed by atoms with Crippen molar-refractivity contribution in [3.8, 4) is 6.07 Å². The van der Waals surface area contributed by atoms with Crippen LogP contribution in [0, 0.1) is 48.3 Å². The van der Waals surface area contributed by atoms with Gasteiger partial charge in [0.05, 0.1) is 0 Å². The van der Waals surface area contributed by atoms with Gasteiger partial charge in [-0.25, -0.2) is 0 Å². The highest BCUT2D eigenvalue weighted by Gasteiger charge is 2.53. The van der Waals surface area contributed by atoms with E-state index in [0.717, 1.165) is 43.9 Å². The predicted octanol–water partition coefficient (Wildman–Crippen LogP) is 4.55. The van der Waals surface area contributed by atoms with Gasteiger partial charge in [0, 0.05) is 44.1 Å². The summed E-state index contributed by atoms with van der Waals surface area (Å²) in [4.78, 5) is 17.6. The molecule has 5 nitrogen and oxygen atoms in total. The molecule has 0 spiro atoms. The predicted molar refractivity (Wildman–Crippen MR) is 132 cm³/mol. The molecule has 6 rings (SSSR count). The fourth-order valence-electron chi connectivity index (χ4n) is 7.63. The van der Waals surface area contributed by atoms with E-state index in [1.807, 2.05) is 0 Å². The number of hydrogen-bond acceptors (Lipinski definition) is 4. The molecule has 0 aromatic heterocycles. The van der Waals surface area contributed by atoms with Crippen molar-refractivity contribution in [3.05, 3.63) is 41.1 Å². The Kier molecular flexibility index (Phi) is 5.89. The number of rotatable bonds is 5. The molecule has 1 aromatic rings. The zero-order chi connectivity index (χ0) is 23.2. The summed E-state index contributed by atoms with van der Waals surface area (Å²) in [6, 6.07) is 8.78. The lowest BCUT2D eigenvalue weighted by Gasteiger charge is -2.59. The minimum atomic E-state index is -0.197. The summed E-state index contributed by atoms with van der Waals surface area (Å²) in [5.41, 5.74) is 4.43. The van der Waals surface area contributed by atoms with Crippen molar-refractivity contribution in [1.29, 1.82) is 5.26 Å². The molecule has 1 saturated heterocycles. The second-order valence-electron chi connectivity index (χ2n) is 11.4. The third-order valence-electron chi connectivity index (χ3n) is 9.26. The van der Waals surface area contributed by atoms with Crippen LogP contribution in [0.15, 0.2) is 30.0 Å². The van der Waals surface area contributed by atoms with E-state index in [9.17, 15) is 10.1 Å². The van der Waals surface area contributed by atoms with Crippen LogP contribution >= 0.6 is 0 Å². The minimum absolute atomic E-state index is 0.135. The van der Waals surface area contributed by atoms with Crippen LogP contribution in [-0.2, 0) is 4.79 Å². The summed E-state index contributed by atoms with van der Waals surface area (Å²) in [5.74, 6) is 2.37. The maximum Gasteiger partial charge on any atom is 0.263 e. The fourth-order valence-corrected chi connectivity index (χ4v) is 7.63. The number of nitriles is 1. The molecule has 176 valence electrons. The van der Waals surface area contributed by atoms with Gasteiger partial charge in [0.25, 0.3) is 5.91 Å². The highest BCUT2D eigenvalue weighted by molar-refractivity contribution is 5.97. The highest BCUT2D eigenvalue weighted by Crippen LogP contribution is 2.61. The van der Waals surface area contributed by atoms with Gasteiger partial charge < -0.3 is 15.1 Å². The van der Waals surface area contributed by atoms with Gasteiger partial charge in [-0.1, -0.05) is 12.1 Å². The number of aryl methyl sites for hydroxylation is 1. The zero-order valence-corrected chi connectivity index (χ0v) is 20.4. The van der Waals surface area contributed by atoms with Gasteiger partial charge in [0.1, 0.15) is 11.6 Å². The van der Waals surface area contributed by atoms with Crippen molar-refractivity contribution in [2.45, 2.75) is 65.3 Å². The molecule has 4 aliphatic carbocycles. The van der Waals surface area contributed by atoms with Crippen LogP contribution in [-0.4, -0.2) is 43.0 Å². The smallest absolute Gasteiger partial charge is 0.263 e. The fraction of sp³-hybridized carbons (Fsp3) is 0.643. The maximum atomic E-state index is 13.1. The first-order valence-electron chi connectivity index (χ1n) is 12.8. The van der Waals surface area contributed by atoms with E-state index in [2.05, 4.69) is 60.2 Å². The van der Waals surface area contributed by atoms with Crippen LogP contribution in [0.1, 0.15) is 56.6 Å². The van der Waals surface area contributed by atoms with E-state index < -0.39 is 0 Å². The van der Waals surface area contributed by atoms with Crippen LogP contribution < -0.4 is 10.2 Å². The van der Waals surface area contributed by atoms with Gasteiger partial charge in [-0.2, -0.15) is 5.26 Å². The standard InChI is InChI=1S/C28H38N4O/c1-19-5-4-6-26(20(19)2)32-9-7-31(8-10-32)18-25(17-29)27(33)30-21(3)28-14-22-11-23(15-28)13-24(12-22)16-28/h4-6,18,21-24H,7-16H2,1-3H3,(H,30,33)/b25-18-. The second kappa shape index (κ2) is 8.70. The van der Waals surface area contributed by atoms with E-state index >= 15 is 0 Å². The number of hydrogen-bond donors (Lipinski definition) is 1. The molecule has 1 N–H and O–H groups in total. The van der Waals surface area contributed by atoms with Crippen molar-refractivity contribution < 1.29 is 4.79 Å². The Morgan fingerprint density at radius 3 is 2.27 bits per heavy atom. The van der Waals surface area contributed by atoms with Crippen molar-refractivity contribution in [2.24, 2.45) is 23.2 Å². The third kappa shape index (κ3) is 4.25. The first kappa shape index (κ1) is 22.3. The van der Waals surface area contributed by atoms with E-state index in [1.165, 1.54) is 55.3 Å². The number of carbonyl (C=O) groups excluding carboxylic acids is 1. The normalized spacial score (nSPS) is 31.9. The lowest BCUT2D eigenvalue weighted by Crippen LogP contribution is -2.56. The summed E-state index contributed by atoms with van der Waals surface area (Å²) in [6.45, 7) is 9.94. The molecule has 1 amide bonds. The van der Waals surface area contributed by atoms with Gasteiger partial charge in [-0.3, -0.25) is 4.79 Å². The molecule has 5 aliphatic rings. The summed E-state index contributed by atoms with van der Waals surface area (Å²) in [6.07, 6.45) is 9.76. The number of amides is 1. The topological polar surface area (TPSA) is 59.4 Å². The lowest BCUT2D eigenvalue weighted by atomic mass is 9.48. The quantitative estimate of drug-likeness (QED) is 0.532. The first-order valence-corrected chi connectivity index (χ1v) is 12.8. The van der Waals surface area contributed by atoms with Crippen molar-refractivity contribution in [1.82, 2.24) is 10.2 Å². The van der Waals surface area contributed by atoms with Crippen LogP contribution in [0.2, 0.25) is 0 Å². The Labute approximate surface area is 198 Å². The molecule has 1 aromatic carbocycles. The number of nitrogens with zero attached hydrogens (tertiary/aromatic N) is 3. The van der Waals surface area contributed by atoms with Crippen LogP contribution in [0.5, 0.6) is 0 Å². The molecule has 1 atom stereocenters. The van der Waals surface area contributed by atoms with E-state index in [0.29, 0.717) is 0 Å². The van der Waals surface area contributed by atoms with Gasteiger partial charge in [-0.15, -0.1) is 0 Å². The summed E-state index contributed by atoms with van der Waals surface area (Å²) >= 11 is 0. The van der Waals surface area contributed by atoms with E-state index in [4.69, 9.17) is 0 Å². The van der Waals surface area contributed by atoms with Gasteiger partial charge in [0.2, 0.25) is 0 Å². The van der Waals surface area contributed by atoms with Gasteiger partial charge >= 0.3 is 0 Å². The monoisotopic (exact) mass is 446 g/mol. The SMILES string of the molecule is Cc1cccc(N2CCN(/C=C(/C#N)C(=O)NC(C)C34CC5CC(CC(C5)C3)C4)CC2)c1C. The Hall–Kier alpha value is -2.48. The average Bonchev–Trinajstić information content (AvgIpc) is 2.79. The third-order valence-corrected chi connectivity index (χ3v) is 9.26. The van der Waals surface area contributed by atoms with Crippen LogP contribution in [0.25, 0.3) is 0 Å². The number of carbonyl (C=O) groups is 1. The Morgan fingerprint density at radius 1 is 1.09 bits per heavy atom. The molecule has 4 bridgehead atoms. The zero-order valence-electron chi connectivity index (χ0n) is 20.4. The van der Waals surface area contributed by atoms with Crippen molar-refractivity contribution in [2.75, 3.05) is 31.1 Å². The number of nitrogens with one attached hydrogen (secondary N) is 1. The van der Waals surface area contributed by atoms with Crippen molar-refractivity contribution >= 4 is 11.6 Å². The molecule has 5 fully saturated rings. The summed E-state index contributed by atoms with van der Waals surface area (Å²) < 4.78 is 0. The molecular formula is C28H38N4O. The van der Waals surface area contributed by atoms with E-state index in [-0.39, 0.29) is 22.9 Å². The second-order valence-corrected chi connectivity index (χ2v) is 11.4. The molecule has 33 heavy (non-hydrogen) atoms. The summed E-state index contributed by atoms with van der Waals surface area (Å²) in [7, 11) is 0. The highest BCUT2D eigenvalue weighted by atomic mass is 16.1. The minimum Gasteiger partial charge on any atom is -0.373 e. The average molecular weight is 447 g/mol. The molecule has 5 heteroatoms. The van der Waals surface area contributed by atoms with Gasteiger partial charge in [-0.05, 0) is 99.7 Å². The first-order chi connectivity index (χ1) is 15.9. The summed E-state index contributed by atoms with van der Waals surface area (Å²) in [5, 5.41) is 13.0. The van der Waals surface area contributed by atoms with Gasteiger partial charge in [0.15, 0.2) is 0 Å². The molecule has 0 radical (unpaired) electrons. The Balaban J connectivity index is 1.20. The maximum absolute atomic E-state index is 13.1. The number of piperazine rings is 1. The molecule has 1 unspecified atom stereocenters. The van der Waals surface area contributed by atoms with Crippen molar-refractivity contribution in [3.63, 3.8) is 0 Å². The van der Waals surface area contributed by atoms with Crippen LogP contribution in [0.3, 0.4) is 0 Å². The Bertz CT molecular complexity index is 947. The number of anilines is 1. The molecular weight excluding hydrogens is 408 g/mol. The molecule has 4 saturated carbocycles. The molecule has 1 heterocycles. The lowest BCUT2D eigenvalue weighted by molar-refractivity contribution is -0.122. The van der Waals surface area contributed by atoms with Crippen LogP contribution in [0.4, 0.5) is 5.69 Å². The van der Waals surface area contributed by atoms with E-state index in [1.54, 1.807) is 6.20 Å². The molecule has 1 aliphatic heterocycles.